The lowest BCUT2D eigenvalue weighted by atomic mass is 10.1. The van der Waals surface area contributed by atoms with Crippen molar-refractivity contribution in [2.24, 2.45) is 0 Å². The minimum Gasteiger partial charge on any atom is -0.398 e. The van der Waals surface area contributed by atoms with Crippen LogP contribution in [0.3, 0.4) is 0 Å². The average molecular weight is 613 g/mol. The van der Waals surface area contributed by atoms with E-state index in [2.05, 4.69) is 0 Å². The van der Waals surface area contributed by atoms with Gasteiger partial charge < -0.3 is 5.73 Å². The molecule has 0 radical (unpaired) electrons. The molecule has 0 bridgehead atoms. The second-order valence-corrected chi connectivity index (χ2v) is 10.6. The van der Waals surface area contributed by atoms with Gasteiger partial charge in [0.05, 0.1) is 48.7 Å². The van der Waals surface area contributed by atoms with Crippen molar-refractivity contribution in [3.8, 4) is 0 Å². The number of hydrogen-bond acceptors (Lipinski definition) is 3. The SMILES string of the molecule is Nc1ccc(S(=O)c2cc(C(F)(F)F)cc(C(F)(F)F)c2)cc1S(=O)c1cc(C(F)(F)F)cc(C(F)(F)F)c1. The molecule has 2 N–H and O–H groups in total. The van der Waals surface area contributed by atoms with Crippen LogP contribution < -0.4 is 5.73 Å². The molecule has 3 aromatic carbocycles. The molecule has 39 heavy (non-hydrogen) atoms. The van der Waals surface area contributed by atoms with Gasteiger partial charge in [0.2, 0.25) is 0 Å². The molecule has 0 spiro atoms. The lowest BCUT2D eigenvalue weighted by Crippen LogP contribution is -2.13. The third-order valence-electron chi connectivity index (χ3n) is 4.95. The minimum absolute atomic E-state index is 0.150. The highest BCUT2D eigenvalue weighted by Crippen LogP contribution is 2.40. The fourth-order valence-electron chi connectivity index (χ4n) is 3.12. The van der Waals surface area contributed by atoms with Crippen LogP contribution in [-0.2, 0) is 46.3 Å². The van der Waals surface area contributed by atoms with Crippen molar-refractivity contribution < 1.29 is 61.1 Å². The van der Waals surface area contributed by atoms with Gasteiger partial charge in [0.1, 0.15) is 0 Å². The first kappa shape index (κ1) is 30.5. The van der Waals surface area contributed by atoms with Gasteiger partial charge in [-0.2, -0.15) is 52.7 Å². The third kappa shape index (κ3) is 6.93. The molecule has 0 heterocycles. The molecule has 0 saturated heterocycles. The van der Waals surface area contributed by atoms with Gasteiger partial charge in [0.25, 0.3) is 0 Å². The first-order valence-corrected chi connectivity index (χ1v) is 12.2. The van der Waals surface area contributed by atoms with Gasteiger partial charge >= 0.3 is 24.7 Å². The molecule has 0 aliphatic rings. The summed E-state index contributed by atoms with van der Waals surface area (Å²) in [6.07, 6.45) is -21.1. The van der Waals surface area contributed by atoms with Crippen molar-refractivity contribution in [3.63, 3.8) is 0 Å². The van der Waals surface area contributed by atoms with Crippen LogP contribution in [0.25, 0.3) is 0 Å². The number of halogens is 12. The molecule has 0 aliphatic heterocycles. The Hall–Kier alpha value is -3.08. The zero-order chi connectivity index (χ0) is 29.7. The van der Waals surface area contributed by atoms with Crippen LogP contribution >= 0.6 is 0 Å². The Kier molecular flexibility index (Phi) is 7.93. The zero-order valence-electron chi connectivity index (χ0n) is 18.4. The first-order valence-electron chi connectivity index (χ1n) is 9.91. The van der Waals surface area contributed by atoms with Gasteiger partial charge in [-0.1, -0.05) is 0 Å². The lowest BCUT2D eigenvalue weighted by Gasteiger charge is -2.16. The summed E-state index contributed by atoms with van der Waals surface area (Å²) in [7, 11) is -5.70. The average Bonchev–Trinajstić information content (AvgIpc) is 2.80. The quantitative estimate of drug-likeness (QED) is 0.243. The van der Waals surface area contributed by atoms with E-state index in [1.54, 1.807) is 0 Å². The Balaban J connectivity index is 2.15. The van der Waals surface area contributed by atoms with Gasteiger partial charge in [0.15, 0.2) is 0 Å². The smallest absolute Gasteiger partial charge is 0.398 e. The normalized spacial score (nSPS) is 14.8. The van der Waals surface area contributed by atoms with Crippen LogP contribution in [0.2, 0.25) is 0 Å². The van der Waals surface area contributed by atoms with Crippen LogP contribution in [0.4, 0.5) is 58.4 Å². The van der Waals surface area contributed by atoms with E-state index in [0.29, 0.717) is 6.07 Å². The Labute approximate surface area is 215 Å². The van der Waals surface area contributed by atoms with E-state index in [1.807, 2.05) is 0 Å². The first-order chi connectivity index (χ1) is 17.6. The van der Waals surface area contributed by atoms with Crippen LogP contribution in [0, 0.1) is 0 Å². The van der Waals surface area contributed by atoms with E-state index in [4.69, 9.17) is 5.73 Å². The van der Waals surface area contributed by atoms with Crippen molar-refractivity contribution in [2.45, 2.75) is 44.3 Å². The van der Waals surface area contributed by atoms with E-state index >= 15 is 0 Å². The number of hydrogen-bond donors (Lipinski definition) is 1. The van der Waals surface area contributed by atoms with Crippen molar-refractivity contribution in [1.82, 2.24) is 0 Å². The molecule has 0 aromatic heterocycles. The number of benzene rings is 3. The Morgan fingerprint density at radius 3 is 1.13 bits per heavy atom. The maximum Gasteiger partial charge on any atom is 0.416 e. The Bertz CT molecular complexity index is 1390. The van der Waals surface area contributed by atoms with Crippen molar-refractivity contribution in [2.75, 3.05) is 5.73 Å². The highest BCUT2D eigenvalue weighted by molar-refractivity contribution is 7.86. The topological polar surface area (TPSA) is 60.2 Å². The van der Waals surface area contributed by atoms with E-state index in [9.17, 15) is 61.1 Å². The van der Waals surface area contributed by atoms with Crippen LogP contribution in [0.5, 0.6) is 0 Å². The minimum atomic E-state index is -5.28. The molecule has 0 saturated carbocycles. The summed E-state index contributed by atoms with van der Waals surface area (Å²) in [5.41, 5.74) is -2.03. The molecular formula is C22H11F12NO2S2. The molecule has 17 heteroatoms. The molecule has 0 aliphatic carbocycles. The summed E-state index contributed by atoms with van der Waals surface area (Å²) >= 11 is 0. The number of alkyl halides is 12. The predicted octanol–water partition coefficient (Wildman–Crippen LogP) is 7.68. The lowest BCUT2D eigenvalue weighted by molar-refractivity contribution is -0.145. The number of nitrogen functional groups attached to an aromatic ring is 1. The fraction of sp³-hybridized carbons (Fsp3) is 0.182. The summed E-state index contributed by atoms with van der Waals surface area (Å²) in [5, 5.41) is 0. The number of anilines is 1. The van der Waals surface area contributed by atoms with E-state index < -0.39 is 93.8 Å². The standard InChI is InChI=1S/C22H11F12NO2S2/c23-19(24,25)10-3-11(20(26,27)28)6-15(5-10)38(36)14-1-2-17(35)18(9-14)39(37)16-7-12(21(29,30)31)4-13(8-16)22(32,33)34/h1-9H,35H2. The van der Waals surface area contributed by atoms with Crippen LogP contribution in [-0.4, -0.2) is 8.42 Å². The molecule has 212 valence electrons. The highest BCUT2D eigenvalue weighted by Gasteiger charge is 2.39. The number of rotatable bonds is 4. The molecule has 2 unspecified atom stereocenters. The third-order valence-corrected chi connectivity index (χ3v) is 7.71. The number of nitrogens with two attached hydrogens (primary N) is 1. The molecule has 3 aromatic rings. The van der Waals surface area contributed by atoms with Gasteiger partial charge in [-0.3, -0.25) is 0 Å². The summed E-state index contributed by atoms with van der Waals surface area (Å²) in [4.78, 5) is -3.28. The molecule has 3 nitrogen and oxygen atoms in total. The summed E-state index contributed by atoms with van der Waals surface area (Å²) < 4.78 is 184. The van der Waals surface area contributed by atoms with Crippen LogP contribution in [0.1, 0.15) is 22.3 Å². The summed E-state index contributed by atoms with van der Waals surface area (Å²) in [6, 6.07) is 2.55. The van der Waals surface area contributed by atoms with Gasteiger partial charge in [-0.05, 0) is 54.6 Å². The molecular weight excluding hydrogens is 602 g/mol. The second-order valence-electron chi connectivity index (χ2n) is 7.72. The molecule has 2 atom stereocenters. The predicted molar refractivity (Wildman–Crippen MR) is 113 cm³/mol. The van der Waals surface area contributed by atoms with Crippen molar-refractivity contribution in [1.29, 1.82) is 0 Å². The van der Waals surface area contributed by atoms with E-state index in [0.717, 1.165) is 12.1 Å². The largest absolute Gasteiger partial charge is 0.416 e. The van der Waals surface area contributed by atoms with E-state index in [1.165, 1.54) is 0 Å². The van der Waals surface area contributed by atoms with Crippen LogP contribution in [0.15, 0.2) is 74.2 Å². The maximum atomic E-state index is 13.2. The zero-order valence-corrected chi connectivity index (χ0v) is 20.1. The molecule has 3 rings (SSSR count). The fourth-order valence-corrected chi connectivity index (χ4v) is 5.59. The summed E-state index contributed by atoms with van der Waals surface area (Å²) in [6.45, 7) is 0. The summed E-state index contributed by atoms with van der Waals surface area (Å²) in [5.74, 6) is 0. The Morgan fingerprint density at radius 2 is 0.795 bits per heavy atom. The molecule has 0 amide bonds. The van der Waals surface area contributed by atoms with Crippen molar-refractivity contribution >= 4 is 27.3 Å². The highest BCUT2D eigenvalue weighted by atomic mass is 32.2. The maximum absolute atomic E-state index is 13.2. The monoisotopic (exact) mass is 613 g/mol. The van der Waals surface area contributed by atoms with E-state index in [-0.39, 0.29) is 36.4 Å². The Morgan fingerprint density at radius 1 is 0.462 bits per heavy atom. The second kappa shape index (κ2) is 10.1. The van der Waals surface area contributed by atoms with Gasteiger partial charge in [0, 0.05) is 20.4 Å². The van der Waals surface area contributed by atoms with Gasteiger partial charge in [-0.25, -0.2) is 8.42 Å². The van der Waals surface area contributed by atoms with Gasteiger partial charge in [-0.15, -0.1) is 0 Å². The van der Waals surface area contributed by atoms with Crippen molar-refractivity contribution in [3.05, 3.63) is 76.9 Å². The molecule has 0 fully saturated rings.